The van der Waals surface area contributed by atoms with Crippen LogP contribution in [0, 0.1) is 0 Å². The molecule has 0 fully saturated rings. The highest BCUT2D eigenvalue weighted by atomic mass is 16.3. The lowest BCUT2D eigenvalue weighted by Gasteiger charge is -2.20. The third-order valence-corrected chi connectivity index (χ3v) is 4.16. The fraction of sp³-hybridized carbons (Fsp3) is 0.400. The molecule has 0 aliphatic heterocycles. The molecule has 2 aromatic rings. The third-order valence-electron chi connectivity index (χ3n) is 4.16. The predicted molar refractivity (Wildman–Crippen MR) is 93.4 cm³/mol. The number of phenolic OH excluding ortho intramolecular Hbond substituents is 1. The maximum Gasteiger partial charge on any atom is 0.122 e. The van der Waals surface area contributed by atoms with Gasteiger partial charge < -0.3 is 10.8 Å². The van der Waals surface area contributed by atoms with Gasteiger partial charge in [0.15, 0.2) is 0 Å². The van der Waals surface area contributed by atoms with Crippen molar-refractivity contribution in [1.29, 1.82) is 0 Å². The van der Waals surface area contributed by atoms with Crippen LogP contribution in [0.1, 0.15) is 67.8 Å². The largest absolute Gasteiger partial charge is 0.507 e. The van der Waals surface area contributed by atoms with Crippen molar-refractivity contribution in [2.24, 2.45) is 5.73 Å². The molecule has 0 spiro atoms. The summed E-state index contributed by atoms with van der Waals surface area (Å²) in [4.78, 5) is 0. The Morgan fingerprint density at radius 2 is 1.41 bits per heavy atom. The zero-order chi connectivity index (χ0) is 16.3. The van der Waals surface area contributed by atoms with Gasteiger partial charge in [-0.3, -0.25) is 0 Å². The van der Waals surface area contributed by atoms with Crippen LogP contribution in [0.25, 0.3) is 0 Å². The first-order valence-electron chi connectivity index (χ1n) is 8.06. The smallest absolute Gasteiger partial charge is 0.122 e. The number of nitrogens with two attached hydrogens (primary N) is 1. The highest BCUT2D eigenvalue weighted by molar-refractivity contribution is 5.47. The van der Waals surface area contributed by atoms with E-state index < -0.39 is 0 Å². The number of hydrogen-bond donors (Lipinski definition) is 2. The molecule has 0 heterocycles. The summed E-state index contributed by atoms with van der Waals surface area (Å²) in [7, 11) is 0. The van der Waals surface area contributed by atoms with Gasteiger partial charge in [-0.05, 0) is 40.5 Å². The second-order valence-corrected chi connectivity index (χ2v) is 6.65. The molecule has 0 aromatic heterocycles. The number of aromatic hydroxyl groups is 1. The summed E-state index contributed by atoms with van der Waals surface area (Å²) in [6, 6.07) is 14.4. The minimum absolute atomic E-state index is 0.0574. The van der Waals surface area contributed by atoms with E-state index in [0.29, 0.717) is 5.75 Å². The molecule has 3 N–H and O–H groups in total. The number of rotatable bonds is 5. The molecule has 22 heavy (non-hydrogen) atoms. The molecule has 0 aliphatic carbocycles. The Morgan fingerprint density at radius 1 is 0.909 bits per heavy atom. The van der Waals surface area contributed by atoms with Crippen molar-refractivity contribution in [3.63, 3.8) is 0 Å². The Hall–Kier alpha value is -1.80. The van der Waals surface area contributed by atoms with Crippen molar-refractivity contribution in [3.05, 3.63) is 64.7 Å². The standard InChI is InChI=1S/C20H27NO/c1-13(2)17-11-16(12-18(14(3)4)20(17)22)19(21)10-15-8-6-5-7-9-15/h5-9,11-14,19,22H,10,21H2,1-4H3. The average molecular weight is 297 g/mol. The van der Waals surface area contributed by atoms with Gasteiger partial charge in [0.2, 0.25) is 0 Å². The third kappa shape index (κ3) is 3.69. The topological polar surface area (TPSA) is 46.2 Å². The van der Waals surface area contributed by atoms with E-state index in [2.05, 4.69) is 52.0 Å². The minimum Gasteiger partial charge on any atom is -0.507 e. The molecule has 0 amide bonds. The maximum absolute atomic E-state index is 10.5. The van der Waals surface area contributed by atoms with Gasteiger partial charge >= 0.3 is 0 Å². The van der Waals surface area contributed by atoms with E-state index in [9.17, 15) is 5.11 Å². The minimum atomic E-state index is -0.0574. The fourth-order valence-electron chi connectivity index (χ4n) is 2.78. The second-order valence-electron chi connectivity index (χ2n) is 6.65. The lowest BCUT2D eigenvalue weighted by atomic mass is 9.88. The summed E-state index contributed by atoms with van der Waals surface area (Å²) in [5.41, 5.74) is 10.8. The number of phenols is 1. The predicted octanol–water partition coefficient (Wildman–Crippen LogP) is 4.88. The number of benzene rings is 2. The normalized spacial score (nSPS) is 12.9. The molecule has 2 heteroatoms. The van der Waals surface area contributed by atoms with E-state index in [4.69, 9.17) is 5.73 Å². The molecule has 0 radical (unpaired) electrons. The molecule has 118 valence electrons. The van der Waals surface area contributed by atoms with Crippen LogP contribution in [0.3, 0.4) is 0 Å². The molecule has 0 saturated carbocycles. The van der Waals surface area contributed by atoms with E-state index >= 15 is 0 Å². The van der Waals surface area contributed by atoms with Gasteiger partial charge in [0.1, 0.15) is 5.75 Å². The van der Waals surface area contributed by atoms with Gasteiger partial charge in [-0.25, -0.2) is 0 Å². The molecule has 0 aliphatic rings. The van der Waals surface area contributed by atoms with Gasteiger partial charge in [0.05, 0.1) is 0 Å². The van der Waals surface area contributed by atoms with Crippen LogP contribution < -0.4 is 5.73 Å². The molecule has 0 saturated heterocycles. The quantitative estimate of drug-likeness (QED) is 0.826. The number of hydrogen-bond acceptors (Lipinski definition) is 2. The molecular formula is C20H27NO. The van der Waals surface area contributed by atoms with Gasteiger partial charge in [0.25, 0.3) is 0 Å². The molecule has 1 atom stereocenters. The van der Waals surface area contributed by atoms with Crippen LogP contribution in [0.2, 0.25) is 0 Å². The van der Waals surface area contributed by atoms with Crippen molar-refractivity contribution in [1.82, 2.24) is 0 Å². The van der Waals surface area contributed by atoms with Crippen molar-refractivity contribution in [3.8, 4) is 5.75 Å². The summed E-state index contributed by atoms with van der Waals surface area (Å²) in [6.07, 6.45) is 0.806. The average Bonchev–Trinajstić information content (AvgIpc) is 2.47. The lowest BCUT2D eigenvalue weighted by molar-refractivity contribution is 0.453. The fourth-order valence-corrected chi connectivity index (χ4v) is 2.78. The molecule has 1 unspecified atom stereocenters. The monoisotopic (exact) mass is 297 g/mol. The zero-order valence-electron chi connectivity index (χ0n) is 14.0. The van der Waals surface area contributed by atoms with Gasteiger partial charge in [-0.1, -0.05) is 70.2 Å². The van der Waals surface area contributed by atoms with Crippen LogP contribution in [0.4, 0.5) is 0 Å². The molecular weight excluding hydrogens is 270 g/mol. The summed E-state index contributed by atoms with van der Waals surface area (Å²) in [5.74, 6) is 0.989. The molecule has 2 rings (SSSR count). The molecule has 2 nitrogen and oxygen atoms in total. The van der Waals surface area contributed by atoms with Crippen LogP contribution in [0.5, 0.6) is 5.75 Å². The van der Waals surface area contributed by atoms with Gasteiger partial charge in [0, 0.05) is 6.04 Å². The summed E-state index contributed by atoms with van der Waals surface area (Å²) < 4.78 is 0. The van der Waals surface area contributed by atoms with E-state index in [1.54, 1.807) is 0 Å². The molecule has 0 bridgehead atoms. The maximum atomic E-state index is 10.5. The zero-order valence-corrected chi connectivity index (χ0v) is 14.0. The summed E-state index contributed by atoms with van der Waals surface area (Å²) >= 11 is 0. The highest BCUT2D eigenvalue weighted by Crippen LogP contribution is 2.36. The first-order valence-corrected chi connectivity index (χ1v) is 8.06. The highest BCUT2D eigenvalue weighted by Gasteiger charge is 2.18. The first kappa shape index (κ1) is 16.6. The van der Waals surface area contributed by atoms with Crippen molar-refractivity contribution < 1.29 is 5.11 Å². The van der Waals surface area contributed by atoms with Crippen LogP contribution in [0.15, 0.2) is 42.5 Å². The van der Waals surface area contributed by atoms with Crippen molar-refractivity contribution >= 4 is 0 Å². The lowest BCUT2D eigenvalue weighted by Crippen LogP contribution is -2.14. The molecule has 2 aromatic carbocycles. The van der Waals surface area contributed by atoms with Crippen LogP contribution in [-0.2, 0) is 6.42 Å². The van der Waals surface area contributed by atoms with E-state index in [1.165, 1.54) is 5.56 Å². The SMILES string of the molecule is CC(C)c1cc(C(N)Cc2ccccc2)cc(C(C)C)c1O. The van der Waals surface area contributed by atoms with Crippen molar-refractivity contribution in [2.45, 2.75) is 52.0 Å². The first-order chi connectivity index (χ1) is 10.4. The van der Waals surface area contributed by atoms with Gasteiger partial charge in [-0.15, -0.1) is 0 Å². The van der Waals surface area contributed by atoms with Crippen molar-refractivity contribution in [2.75, 3.05) is 0 Å². The summed E-state index contributed by atoms with van der Waals surface area (Å²) in [6.45, 7) is 8.41. The Morgan fingerprint density at radius 3 is 1.86 bits per heavy atom. The van der Waals surface area contributed by atoms with E-state index in [1.807, 2.05) is 18.2 Å². The van der Waals surface area contributed by atoms with E-state index in [-0.39, 0.29) is 17.9 Å². The Labute approximate surface area is 134 Å². The van der Waals surface area contributed by atoms with Gasteiger partial charge in [-0.2, -0.15) is 0 Å². The van der Waals surface area contributed by atoms with Crippen LogP contribution >= 0.6 is 0 Å². The Balaban J connectivity index is 2.37. The van der Waals surface area contributed by atoms with Crippen LogP contribution in [-0.4, -0.2) is 5.11 Å². The Bertz CT molecular complexity index is 588. The summed E-state index contributed by atoms with van der Waals surface area (Å²) in [5, 5.41) is 10.5. The second kappa shape index (κ2) is 6.97. The van der Waals surface area contributed by atoms with E-state index in [0.717, 1.165) is 23.1 Å². The Kier molecular flexibility index (Phi) is 5.25.